The molecule has 4 nitrogen and oxygen atoms in total. The molecule has 0 aromatic carbocycles. The molecule has 0 unspecified atom stereocenters. The van der Waals surface area contributed by atoms with Crippen molar-refractivity contribution in [1.82, 2.24) is 15.6 Å². The molecule has 2 N–H and O–H groups in total. The van der Waals surface area contributed by atoms with Gasteiger partial charge in [0, 0.05) is 30.0 Å². The Bertz CT molecular complexity index is 372. The molecule has 0 aliphatic carbocycles. The van der Waals surface area contributed by atoms with E-state index in [1.165, 1.54) is 0 Å². The van der Waals surface area contributed by atoms with E-state index in [0.29, 0.717) is 5.56 Å². The van der Waals surface area contributed by atoms with Crippen LogP contribution >= 0.6 is 0 Å². The van der Waals surface area contributed by atoms with Gasteiger partial charge in [-0.25, -0.2) is 0 Å². The van der Waals surface area contributed by atoms with E-state index in [9.17, 15) is 4.79 Å². The molecule has 4 heteroatoms. The van der Waals surface area contributed by atoms with Crippen molar-refractivity contribution >= 4 is 5.91 Å². The van der Waals surface area contributed by atoms with Crippen LogP contribution in [-0.2, 0) is 0 Å². The number of aromatic nitrogens is 1. The number of nitrogens with zero attached hydrogens (tertiary/aromatic N) is 1. The van der Waals surface area contributed by atoms with Crippen LogP contribution in [-0.4, -0.2) is 30.0 Å². The Morgan fingerprint density at radius 1 is 1.62 bits per heavy atom. The Labute approximate surface area is 95.5 Å². The number of hydrogen-bond donors (Lipinski definition) is 2. The Balaban J connectivity index is 1.97. The van der Waals surface area contributed by atoms with Crippen molar-refractivity contribution in [2.24, 2.45) is 0 Å². The molecule has 1 aromatic heterocycles. The summed E-state index contributed by atoms with van der Waals surface area (Å²) in [6.45, 7) is 3.81. The van der Waals surface area contributed by atoms with Crippen molar-refractivity contribution in [3.05, 3.63) is 29.6 Å². The molecule has 2 rings (SSSR count). The Morgan fingerprint density at radius 3 is 3.19 bits per heavy atom. The van der Waals surface area contributed by atoms with Crippen LogP contribution < -0.4 is 10.6 Å². The molecule has 1 atom stereocenters. The van der Waals surface area contributed by atoms with Crippen LogP contribution in [0.1, 0.15) is 28.9 Å². The first kappa shape index (κ1) is 11.1. The molecular formula is C12H17N3O. The van der Waals surface area contributed by atoms with Gasteiger partial charge in [0.15, 0.2) is 0 Å². The molecule has 1 aliphatic rings. The van der Waals surface area contributed by atoms with E-state index in [4.69, 9.17) is 0 Å². The van der Waals surface area contributed by atoms with E-state index in [2.05, 4.69) is 15.6 Å². The van der Waals surface area contributed by atoms with Gasteiger partial charge in [-0.1, -0.05) is 0 Å². The fourth-order valence-electron chi connectivity index (χ4n) is 1.93. The van der Waals surface area contributed by atoms with Gasteiger partial charge in [-0.2, -0.15) is 0 Å². The lowest BCUT2D eigenvalue weighted by molar-refractivity contribution is 0.0930. The van der Waals surface area contributed by atoms with Gasteiger partial charge in [0.25, 0.3) is 5.91 Å². The highest BCUT2D eigenvalue weighted by Crippen LogP contribution is 2.05. The van der Waals surface area contributed by atoms with Gasteiger partial charge in [-0.15, -0.1) is 0 Å². The van der Waals surface area contributed by atoms with Gasteiger partial charge in [-0.3, -0.25) is 9.78 Å². The maximum absolute atomic E-state index is 11.9. The highest BCUT2D eigenvalue weighted by atomic mass is 16.1. The molecule has 0 bridgehead atoms. The van der Waals surface area contributed by atoms with Gasteiger partial charge >= 0.3 is 0 Å². The number of nitrogens with one attached hydrogen (secondary N) is 2. The minimum atomic E-state index is -0.000741. The molecule has 0 radical (unpaired) electrons. The molecule has 1 aromatic rings. The largest absolute Gasteiger partial charge is 0.348 e. The summed E-state index contributed by atoms with van der Waals surface area (Å²) in [5, 5.41) is 6.31. The molecule has 0 spiro atoms. The number of rotatable bonds is 2. The van der Waals surface area contributed by atoms with Gasteiger partial charge < -0.3 is 10.6 Å². The topological polar surface area (TPSA) is 54.0 Å². The maximum atomic E-state index is 11.9. The minimum Gasteiger partial charge on any atom is -0.348 e. The van der Waals surface area contributed by atoms with Crippen LogP contribution in [0, 0.1) is 6.92 Å². The number of carbonyl (C=O) groups is 1. The van der Waals surface area contributed by atoms with Gasteiger partial charge in [0.05, 0.1) is 0 Å². The lowest BCUT2D eigenvalue weighted by atomic mass is 10.1. The minimum absolute atomic E-state index is 0.000741. The van der Waals surface area contributed by atoms with Crippen LogP contribution in [0.4, 0.5) is 0 Å². The summed E-state index contributed by atoms with van der Waals surface area (Å²) < 4.78 is 0. The van der Waals surface area contributed by atoms with Crippen LogP contribution in [0.25, 0.3) is 0 Å². The smallest absolute Gasteiger partial charge is 0.251 e. The van der Waals surface area contributed by atoms with Crippen molar-refractivity contribution in [3.63, 3.8) is 0 Å². The second-order valence-corrected chi connectivity index (χ2v) is 4.20. The number of hydrogen-bond acceptors (Lipinski definition) is 3. The fourth-order valence-corrected chi connectivity index (χ4v) is 1.93. The molecule has 1 fully saturated rings. The maximum Gasteiger partial charge on any atom is 0.251 e. The Hall–Kier alpha value is -1.42. The summed E-state index contributed by atoms with van der Waals surface area (Å²) in [7, 11) is 0. The molecule has 1 aliphatic heterocycles. The quantitative estimate of drug-likeness (QED) is 0.776. The molecule has 16 heavy (non-hydrogen) atoms. The summed E-state index contributed by atoms with van der Waals surface area (Å²) in [4.78, 5) is 16.0. The van der Waals surface area contributed by atoms with E-state index < -0.39 is 0 Å². The summed E-state index contributed by atoms with van der Waals surface area (Å²) >= 11 is 0. The molecule has 86 valence electrons. The van der Waals surface area contributed by atoms with Crippen molar-refractivity contribution in [2.45, 2.75) is 25.8 Å². The summed E-state index contributed by atoms with van der Waals surface area (Å²) in [5.41, 5.74) is 1.56. The molecule has 0 saturated carbocycles. The lowest BCUT2D eigenvalue weighted by Crippen LogP contribution is -2.45. The van der Waals surface area contributed by atoms with E-state index in [-0.39, 0.29) is 11.9 Å². The zero-order chi connectivity index (χ0) is 11.4. The zero-order valence-corrected chi connectivity index (χ0v) is 9.49. The van der Waals surface area contributed by atoms with Crippen LogP contribution in [0.2, 0.25) is 0 Å². The van der Waals surface area contributed by atoms with Gasteiger partial charge in [0.2, 0.25) is 0 Å². The lowest BCUT2D eigenvalue weighted by Gasteiger charge is -2.23. The molecule has 1 amide bonds. The zero-order valence-electron chi connectivity index (χ0n) is 9.49. The predicted octanol–water partition coefficient (Wildman–Crippen LogP) is 0.872. The molecule has 2 heterocycles. The van der Waals surface area contributed by atoms with E-state index in [0.717, 1.165) is 31.6 Å². The average Bonchev–Trinajstić information content (AvgIpc) is 2.30. The highest BCUT2D eigenvalue weighted by molar-refractivity contribution is 5.94. The third-order valence-corrected chi connectivity index (χ3v) is 2.79. The van der Waals surface area contributed by atoms with Crippen molar-refractivity contribution in [3.8, 4) is 0 Å². The SMILES string of the molecule is Cc1cc(C(=O)N[C@@H]2CCCNC2)ccn1. The normalized spacial score (nSPS) is 20.4. The van der Waals surface area contributed by atoms with E-state index >= 15 is 0 Å². The number of aryl methyl sites for hydroxylation is 1. The monoisotopic (exact) mass is 219 g/mol. The summed E-state index contributed by atoms with van der Waals surface area (Å²) in [5.74, 6) is -0.000741. The standard InChI is InChI=1S/C12H17N3O/c1-9-7-10(4-6-14-9)12(16)15-11-3-2-5-13-8-11/h4,6-7,11,13H,2-3,5,8H2,1H3,(H,15,16)/t11-/m1/s1. The first-order valence-corrected chi connectivity index (χ1v) is 5.70. The second-order valence-electron chi connectivity index (χ2n) is 4.20. The Kier molecular flexibility index (Phi) is 3.51. The number of amides is 1. The average molecular weight is 219 g/mol. The summed E-state index contributed by atoms with van der Waals surface area (Å²) in [6, 6.07) is 3.82. The van der Waals surface area contributed by atoms with Crippen LogP contribution in [0.5, 0.6) is 0 Å². The molecule has 1 saturated heterocycles. The molecular weight excluding hydrogens is 202 g/mol. The van der Waals surface area contributed by atoms with Gasteiger partial charge in [0.1, 0.15) is 0 Å². The Morgan fingerprint density at radius 2 is 2.50 bits per heavy atom. The highest BCUT2D eigenvalue weighted by Gasteiger charge is 2.16. The van der Waals surface area contributed by atoms with Crippen LogP contribution in [0.3, 0.4) is 0 Å². The third-order valence-electron chi connectivity index (χ3n) is 2.79. The van der Waals surface area contributed by atoms with Crippen molar-refractivity contribution < 1.29 is 4.79 Å². The van der Waals surface area contributed by atoms with Gasteiger partial charge in [-0.05, 0) is 38.4 Å². The van der Waals surface area contributed by atoms with E-state index in [1.54, 1.807) is 12.3 Å². The van der Waals surface area contributed by atoms with Crippen LogP contribution in [0.15, 0.2) is 18.3 Å². The number of carbonyl (C=O) groups excluding carboxylic acids is 1. The summed E-state index contributed by atoms with van der Waals surface area (Å²) in [6.07, 6.45) is 3.85. The number of pyridine rings is 1. The fraction of sp³-hybridized carbons (Fsp3) is 0.500. The van der Waals surface area contributed by atoms with Crippen molar-refractivity contribution in [1.29, 1.82) is 0 Å². The first-order chi connectivity index (χ1) is 7.75. The van der Waals surface area contributed by atoms with Crippen molar-refractivity contribution in [2.75, 3.05) is 13.1 Å². The number of piperidine rings is 1. The first-order valence-electron chi connectivity index (χ1n) is 5.70. The predicted molar refractivity (Wildman–Crippen MR) is 62.3 cm³/mol. The van der Waals surface area contributed by atoms with E-state index in [1.807, 2.05) is 13.0 Å². The second kappa shape index (κ2) is 5.07. The third kappa shape index (κ3) is 2.79.